The predicted octanol–water partition coefficient (Wildman–Crippen LogP) is 1.83. The maximum Gasteiger partial charge on any atom is 0.243 e. The molecule has 134 valence electrons. The van der Waals surface area contributed by atoms with E-state index in [-0.39, 0.29) is 22.7 Å². The summed E-state index contributed by atoms with van der Waals surface area (Å²) in [6, 6.07) is 4.02. The fourth-order valence-corrected chi connectivity index (χ4v) is 5.74. The molecule has 1 N–H and O–H groups in total. The van der Waals surface area contributed by atoms with Crippen molar-refractivity contribution in [3.8, 4) is 5.69 Å². The summed E-state index contributed by atoms with van der Waals surface area (Å²) < 4.78 is 43.8. The average molecular weight is 364 g/mol. The quantitative estimate of drug-likeness (QED) is 0.902. The summed E-state index contributed by atoms with van der Waals surface area (Å²) in [5.41, 5.74) is 1.15. The Hall–Kier alpha value is -1.77. The smallest absolute Gasteiger partial charge is 0.243 e. The van der Waals surface area contributed by atoms with E-state index in [1.165, 1.54) is 16.8 Å². The zero-order valence-electron chi connectivity index (χ0n) is 14.0. The van der Waals surface area contributed by atoms with Crippen molar-refractivity contribution in [2.45, 2.75) is 43.2 Å². The van der Waals surface area contributed by atoms with Gasteiger partial charge in [-0.1, -0.05) is 0 Å². The lowest BCUT2D eigenvalue weighted by Gasteiger charge is -2.27. The summed E-state index contributed by atoms with van der Waals surface area (Å²) in [7, 11) is -3.71. The summed E-state index contributed by atoms with van der Waals surface area (Å²) in [4.78, 5) is 0.0106. The molecule has 2 aliphatic rings. The monoisotopic (exact) mass is 364 g/mol. The van der Waals surface area contributed by atoms with Gasteiger partial charge >= 0.3 is 0 Å². The Balaban J connectivity index is 1.70. The van der Waals surface area contributed by atoms with E-state index in [2.05, 4.69) is 10.4 Å². The Morgan fingerprint density at radius 2 is 2.04 bits per heavy atom. The zero-order chi connectivity index (χ0) is 17.6. The van der Waals surface area contributed by atoms with Gasteiger partial charge in [-0.25, -0.2) is 17.5 Å². The van der Waals surface area contributed by atoms with Gasteiger partial charge in [0.15, 0.2) is 0 Å². The van der Waals surface area contributed by atoms with Crippen molar-refractivity contribution in [1.29, 1.82) is 0 Å². The first kappa shape index (κ1) is 16.7. The minimum absolute atomic E-state index is 0.00139. The van der Waals surface area contributed by atoms with Gasteiger partial charge in [-0.3, -0.25) is 0 Å². The first-order valence-electron chi connectivity index (χ1n) is 8.52. The number of sulfonamides is 1. The fourth-order valence-electron chi connectivity index (χ4n) is 3.83. The van der Waals surface area contributed by atoms with Crippen LogP contribution >= 0.6 is 0 Å². The van der Waals surface area contributed by atoms with Crippen molar-refractivity contribution in [3.63, 3.8) is 0 Å². The molecular weight excluding hydrogens is 343 g/mol. The average Bonchev–Trinajstić information content (AvgIpc) is 3.09. The van der Waals surface area contributed by atoms with E-state index in [0.29, 0.717) is 6.54 Å². The molecule has 0 aliphatic carbocycles. The summed E-state index contributed by atoms with van der Waals surface area (Å²) in [5.74, 6) is -0.593. The second-order valence-electron chi connectivity index (χ2n) is 6.79. The summed E-state index contributed by atoms with van der Waals surface area (Å²) >= 11 is 0. The number of halogens is 1. The van der Waals surface area contributed by atoms with Crippen molar-refractivity contribution < 1.29 is 12.8 Å². The van der Waals surface area contributed by atoms with Gasteiger partial charge in [0.05, 0.1) is 11.1 Å². The molecule has 6 nitrogen and oxygen atoms in total. The second kappa shape index (κ2) is 6.19. The maximum absolute atomic E-state index is 14.6. The van der Waals surface area contributed by atoms with Crippen LogP contribution in [0.4, 0.5) is 4.39 Å². The lowest BCUT2D eigenvalue weighted by Crippen LogP contribution is -2.42. The van der Waals surface area contributed by atoms with Crippen LogP contribution in [0.25, 0.3) is 5.69 Å². The van der Waals surface area contributed by atoms with Crippen LogP contribution in [-0.2, 0) is 10.0 Å². The van der Waals surface area contributed by atoms with Gasteiger partial charge in [-0.05, 0) is 56.5 Å². The van der Waals surface area contributed by atoms with Gasteiger partial charge in [0.2, 0.25) is 10.0 Å². The molecule has 0 radical (unpaired) electrons. The largest absolute Gasteiger partial charge is 0.315 e. The van der Waals surface area contributed by atoms with Gasteiger partial charge in [-0.2, -0.15) is 9.40 Å². The van der Waals surface area contributed by atoms with Crippen LogP contribution in [-0.4, -0.2) is 47.7 Å². The predicted molar refractivity (Wildman–Crippen MR) is 91.6 cm³/mol. The van der Waals surface area contributed by atoms with E-state index in [9.17, 15) is 12.8 Å². The molecule has 1 aromatic heterocycles. The Labute approximate surface area is 146 Å². The van der Waals surface area contributed by atoms with Crippen molar-refractivity contribution in [2.24, 2.45) is 0 Å². The Bertz CT molecular complexity index is 882. The molecule has 1 aromatic carbocycles. The highest BCUT2D eigenvalue weighted by molar-refractivity contribution is 7.89. The van der Waals surface area contributed by atoms with Crippen LogP contribution in [0, 0.1) is 12.7 Å². The summed E-state index contributed by atoms with van der Waals surface area (Å²) in [5, 5.41) is 7.37. The number of nitrogens with zero attached hydrogens (tertiary/aromatic N) is 3. The molecule has 4 rings (SSSR count). The van der Waals surface area contributed by atoms with E-state index in [1.807, 2.05) is 6.92 Å². The number of fused-ring (bicyclic) bond motifs is 2. The number of hydrogen-bond donors (Lipinski definition) is 1. The summed E-state index contributed by atoms with van der Waals surface area (Å²) in [6.45, 7) is 3.34. The standard InChI is InChI=1S/C17H21FN4O2S/c1-12-9-20-21(11-12)17-5-4-15(8-16(17)18)25(23,24)22-13-2-3-14(22)10-19-7-6-13/h4-5,8-9,11,13-14,19H,2-3,6-7,10H2,1H3. The van der Waals surface area contributed by atoms with Crippen molar-refractivity contribution in [1.82, 2.24) is 19.4 Å². The molecule has 2 aromatic rings. The molecule has 2 aliphatic heterocycles. The molecule has 25 heavy (non-hydrogen) atoms. The molecule has 2 unspecified atom stereocenters. The van der Waals surface area contributed by atoms with E-state index in [4.69, 9.17) is 0 Å². The number of benzene rings is 1. The fraction of sp³-hybridized carbons (Fsp3) is 0.471. The van der Waals surface area contributed by atoms with Crippen LogP contribution in [0.3, 0.4) is 0 Å². The van der Waals surface area contributed by atoms with Gasteiger partial charge in [0.1, 0.15) is 11.5 Å². The highest BCUT2D eigenvalue weighted by Crippen LogP contribution is 2.34. The topological polar surface area (TPSA) is 67.2 Å². The van der Waals surface area contributed by atoms with Crippen LogP contribution in [0.15, 0.2) is 35.5 Å². The third-order valence-corrected chi connectivity index (χ3v) is 7.04. The van der Waals surface area contributed by atoms with E-state index in [0.717, 1.165) is 37.4 Å². The van der Waals surface area contributed by atoms with E-state index >= 15 is 0 Å². The molecule has 0 amide bonds. The van der Waals surface area contributed by atoms with E-state index < -0.39 is 15.8 Å². The first-order valence-corrected chi connectivity index (χ1v) is 9.96. The van der Waals surface area contributed by atoms with Crippen molar-refractivity contribution in [2.75, 3.05) is 13.1 Å². The molecule has 0 saturated carbocycles. The molecule has 2 bridgehead atoms. The lowest BCUT2D eigenvalue weighted by atomic mass is 10.1. The molecule has 3 heterocycles. The molecule has 2 fully saturated rings. The van der Waals surface area contributed by atoms with Crippen molar-refractivity contribution in [3.05, 3.63) is 42.0 Å². The Morgan fingerprint density at radius 1 is 1.24 bits per heavy atom. The third-order valence-electron chi connectivity index (χ3n) is 5.04. The minimum Gasteiger partial charge on any atom is -0.315 e. The number of hydrogen-bond acceptors (Lipinski definition) is 4. The lowest BCUT2D eigenvalue weighted by molar-refractivity contribution is 0.334. The molecule has 2 atom stereocenters. The molecular formula is C17H21FN4O2S. The Kier molecular flexibility index (Phi) is 4.13. The highest BCUT2D eigenvalue weighted by atomic mass is 32.2. The first-order chi connectivity index (χ1) is 12.0. The molecule has 8 heteroatoms. The van der Waals surface area contributed by atoms with Crippen molar-refractivity contribution >= 4 is 10.0 Å². The highest BCUT2D eigenvalue weighted by Gasteiger charge is 2.43. The molecule has 0 spiro atoms. The third kappa shape index (κ3) is 2.88. The zero-order valence-corrected chi connectivity index (χ0v) is 14.8. The van der Waals surface area contributed by atoms with Crippen LogP contribution in [0.5, 0.6) is 0 Å². The number of aromatic nitrogens is 2. The molecule has 2 saturated heterocycles. The number of rotatable bonds is 3. The number of aryl methyl sites for hydroxylation is 1. The Morgan fingerprint density at radius 3 is 2.76 bits per heavy atom. The van der Waals surface area contributed by atoms with Crippen LogP contribution in [0.1, 0.15) is 24.8 Å². The second-order valence-corrected chi connectivity index (χ2v) is 8.63. The van der Waals surface area contributed by atoms with Gasteiger partial charge < -0.3 is 5.32 Å². The minimum atomic E-state index is -3.71. The summed E-state index contributed by atoms with van der Waals surface area (Å²) in [6.07, 6.45) is 5.85. The van der Waals surface area contributed by atoms with Gasteiger partial charge in [0, 0.05) is 24.8 Å². The van der Waals surface area contributed by atoms with Crippen LogP contribution in [0.2, 0.25) is 0 Å². The maximum atomic E-state index is 14.6. The van der Waals surface area contributed by atoms with Crippen LogP contribution < -0.4 is 5.32 Å². The van der Waals surface area contributed by atoms with E-state index in [1.54, 1.807) is 16.7 Å². The normalized spacial score (nSPS) is 24.4. The number of nitrogens with one attached hydrogen (secondary N) is 1. The SMILES string of the molecule is Cc1cnn(-c2ccc(S(=O)(=O)N3C4CCNCC3CC4)cc2F)c1. The van der Waals surface area contributed by atoms with Gasteiger partial charge in [-0.15, -0.1) is 0 Å². The van der Waals surface area contributed by atoms with Gasteiger partial charge in [0.25, 0.3) is 0 Å².